The summed E-state index contributed by atoms with van der Waals surface area (Å²) in [6.07, 6.45) is 1.08. The minimum Gasteiger partial charge on any atom is -0.355 e. The number of anilines is 1. The van der Waals surface area contributed by atoms with E-state index < -0.39 is 29.5 Å². The molecule has 1 saturated heterocycles. The molecule has 32 heavy (non-hydrogen) atoms. The van der Waals surface area contributed by atoms with Gasteiger partial charge in [-0.15, -0.1) is 0 Å². The molecule has 2 atom stereocenters. The maximum Gasteiger partial charge on any atom is 0.417 e. The number of rotatable bonds is 5. The molecule has 1 N–H and O–H groups in total. The summed E-state index contributed by atoms with van der Waals surface area (Å²) in [5, 5.41) is 0. The van der Waals surface area contributed by atoms with Crippen molar-refractivity contribution in [1.82, 2.24) is 24.1 Å². The number of nitrogens with one attached hydrogen (secondary N) is 1. The maximum absolute atomic E-state index is 14.7. The Morgan fingerprint density at radius 3 is 2.69 bits per heavy atom. The van der Waals surface area contributed by atoms with Crippen LogP contribution in [0.15, 0.2) is 36.8 Å². The zero-order chi connectivity index (χ0) is 23.1. The van der Waals surface area contributed by atoms with Crippen LogP contribution in [0.25, 0.3) is 17.2 Å². The summed E-state index contributed by atoms with van der Waals surface area (Å²) in [5.74, 6) is -4.03. The average Bonchev–Trinajstić information content (AvgIpc) is 3.17. The van der Waals surface area contributed by atoms with Gasteiger partial charge in [0.15, 0.2) is 5.82 Å². The smallest absolute Gasteiger partial charge is 0.355 e. The molecule has 1 fully saturated rings. The summed E-state index contributed by atoms with van der Waals surface area (Å²) >= 11 is 1.28. The lowest BCUT2D eigenvalue weighted by Gasteiger charge is -2.43. The highest BCUT2D eigenvalue weighted by Crippen LogP contribution is 2.39. The number of halogens is 5. The molecule has 4 rings (SSSR count). The molecule has 0 spiro atoms. The van der Waals surface area contributed by atoms with E-state index in [1.54, 1.807) is 17.2 Å². The summed E-state index contributed by atoms with van der Waals surface area (Å²) in [6, 6.07) is 3.85. The van der Waals surface area contributed by atoms with Gasteiger partial charge in [-0.1, -0.05) is 18.9 Å². The summed E-state index contributed by atoms with van der Waals surface area (Å²) in [6.45, 7) is 1.83. The van der Waals surface area contributed by atoms with Crippen molar-refractivity contribution in [2.75, 3.05) is 30.8 Å². The molecule has 0 amide bonds. The van der Waals surface area contributed by atoms with E-state index in [0.717, 1.165) is 12.3 Å². The van der Waals surface area contributed by atoms with Crippen molar-refractivity contribution >= 4 is 23.4 Å². The van der Waals surface area contributed by atoms with Crippen molar-refractivity contribution in [2.45, 2.75) is 19.0 Å². The SMILES string of the molecule is CSNCC1CN(c2ccnc(-c3cnc4ccc(C(F)(F)F)cn34)n2)CC(C)C1(F)F. The normalized spacial score (nSPS) is 21.3. The number of alkyl halides is 5. The summed E-state index contributed by atoms with van der Waals surface area (Å²) in [7, 11) is 0. The van der Waals surface area contributed by atoms with Crippen LogP contribution >= 0.6 is 11.9 Å². The minimum absolute atomic E-state index is 0.0900. The van der Waals surface area contributed by atoms with Crippen molar-refractivity contribution < 1.29 is 22.0 Å². The summed E-state index contributed by atoms with van der Waals surface area (Å²) in [4.78, 5) is 14.6. The third kappa shape index (κ3) is 4.25. The minimum atomic E-state index is -4.51. The third-order valence-electron chi connectivity index (χ3n) is 5.64. The molecule has 4 heterocycles. The highest BCUT2D eigenvalue weighted by molar-refractivity contribution is 7.96. The Hall–Kier alpha value is -2.47. The van der Waals surface area contributed by atoms with Gasteiger partial charge in [0.05, 0.1) is 17.7 Å². The van der Waals surface area contributed by atoms with Crippen LogP contribution < -0.4 is 9.62 Å². The Bertz CT molecular complexity index is 1100. The average molecular weight is 472 g/mol. The predicted molar refractivity (Wildman–Crippen MR) is 113 cm³/mol. The van der Waals surface area contributed by atoms with Crippen LogP contribution in [-0.4, -0.2) is 51.2 Å². The van der Waals surface area contributed by atoms with Gasteiger partial charge in [-0.05, 0) is 24.5 Å². The van der Waals surface area contributed by atoms with E-state index in [1.165, 1.54) is 41.7 Å². The zero-order valence-corrected chi connectivity index (χ0v) is 18.1. The number of pyridine rings is 1. The first-order chi connectivity index (χ1) is 15.1. The monoisotopic (exact) mass is 472 g/mol. The molecule has 1 aliphatic heterocycles. The first kappa shape index (κ1) is 22.7. The Morgan fingerprint density at radius 1 is 1.19 bits per heavy atom. The molecule has 172 valence electrons. The van der Waals surface area contributed by atoms with Gasteiger partial charge in [0.2, 0.25) is 0 Å². The van der Waals surface area contributed by atoms with Gasteiger partial charge in [0, 0.05) is 37.9 Å². The van der Waals surface area contributed by atoms with Crippen molar-refractivity contribution in [1.29, 1.82) is 0 Å². The second kappa shape index (κ2) is 8.47. The number of fused-ring (bicyclic) bond motifs is 1. The van der Waals surface area contributed by atoms with Gasteiger partial charge in [-0.3, -0.25) is 9.12 Å². The lowest BCUT2D eigenvalue weighted by molar-refractivity contribution is -0.137. The number of imidazole rings is 1. The number of hydrogen-bond donors (Lipinski definition) is 1. The standard InChI is InChI=1S/C20H21F5N6S/c1-12-9-30(10-14(7-28-32-2)19(12,21)22)17-5-6-26-18(29-17)15-8-27-16-4-3-13(11-31(15)16)20(23,24)25/h3-6,8,11-12,14,28H,7,9-10H2,1-2H3. The molecule has 0 radical (unpaired) electrons. The van der Waals surface area contributed by atoms with Crippen molar-refractivity contribution in [2.24, 2.45) is 11.8 Å². The van der Waals surface area contributed by atoms with E-state index >= 15 is 0 Å². The van der Waals surface area contributed by atoms with Gasteiger partial charge in [0.1, 0.15) is 17.2 Å². The molecule has 2 unspecified atom stereocenters. The zero-order valence-electron chi connectivity index (χ0n) is 17.3. The highest BCUT2D eigenvalue weighted by Gasteiger charge is 2.49. The van der Waals surface area contributed by atoms with Crippen molar-refractivity contribution in [3.05, 3.63) is 42.4 Å². The van der Waals surface area contributed by atoms with E-state index in [1.807, 2.05) is 0 Å². The number of aromatic nitrogens is 4. The molecule has 0 aromatic carbocycles. The largest absolute Gasteiger partial charge is 0.417 e. The molecule has 3 aromatic rings. The predicted octanol–water partition coefficient (Wildman–Crippen LogP) is 4.39. The van der Waals surface area contributed by atoms with Gasteiger partial charge in [0.25, 0.3) is 5.92 Å². The van der Waals surface area contributed by atoms with E-state index in [2.05, 4.69) is 19.7 Å². The molecule has 3 aromatic heterocycles. The Balaban J connectivity index is 1.67. The fourth-order valence-corrected chi connectivity index (χ4v) is 4.22. The third-order valence-corrected chi connectivity index (χ3v) is 6.09. The second-order valence-electron chi connectivity index (χ2n) is 7.76. The summed E-state index contributed by atoms with van der Waals surface area (Å²) in [5.41, 5.74) is -0.225. The fourth-order valence-electron chi connectivity index (χ4n) is 3.85. The molecule has 12 heteroatoms. The Kier molecular flexibility index (Phi) is 6.01. The topological polar surface area (TPSA) is 58.3 Å². The molecule has 0 aliphatic carbocycles. The van der Waals surface area contributed by atoms with Crippen LogP contribution in [0.3, 0.4) is 0 Å². The second-order valence-corrected chi connectivity index (χ2v) is 8.45. The summed E-state index contributed by atoms with van der Waals surface area (Å²) < 4.78 is 73.0. The molecule has 1 aliphatic rings. The van der Waals surface area contributed by atoms with E-state index in [-0.39, 0.29) is 31.2 Å². The molecular weight excluding hydrogens is 451 g/mol. The lowest BCUT2D eigenvalue weighted by atomic mass is 9.86. The van der Waals surface area contributed by atoms with E-state index in [4.69, 9.17) is 0 Å². The van der Waals surface area contributed by atoms with Gasteiger partial charge < -0.3 is 4.90 Å². The van der Waals surface area contributed by atoms with Gasteiger partial charge in [-0.25, -0.2) is 23.7 Å². The Morgan fingerprint density at radius 2 is 1.97 bits per heavy atom. The molecule has 0 saturated carbocycles. The maximum atomic E-state index is 14.7. The van der Waals surface area contributed by atoms with Crippen LogP contribution in [-0.2, 0) is 6.18 Å². The van der Waals surface area contributed by atoms with Crippen LogP contribution in [0.4, 0.5) is 27.8 Å². The van der Waals surface area contributed by atoms with Crippen LogP contribution in [0, 0.1) is 11.8 Å². The lowest BCUT2D eigenvalue weighted by Crippen LogP contribution is -2.55. The van der Waals surface area contributed by atoms with Crippen LogP contribution in [0.1, 0.15) is 12.5 Å². The van der Waals surface area contributed by atoms with E-state index in [0.29, 0.717) is 11.5 Å². The highest BCUT2D eigenvalue weighted by atomic mass is 32.2. The molecule has 6 nitrogen and oxygen atoms in total. The first-order valence-electron chi connectivity index (χ1n) is 9.87. The number of hydrogen-bond acceptors (Lipinski definition) is 6. The van der Waals surface area contributed by atoms with Gasteiger partial charge in [-0.2, -0.15) is 13.2 Å². The molecular formula is C20H21F5N6S. The number of nitrogens with zero attached hydrogens (tertiary/aromatic N) is 5. The molecule has 0 bridgehead atoms. The van der Waals surface area contributed by atoms with Crippen LogP contribution in [0.2, 0.25) is 0 Å². The quantitative estimate of drug-likeness (QED) is 0.439. The Labute approximate surface area is 185 Å². The van der Waals surface area contributed by atoms with Crippen LogP contribution in [0.5, 0.6) is 0 Å². The fraction of sp³-hybridized carbons (Fsp3) is 0.450. The first-order valence-corrected chi connectivity index (χ1v) is 11.1. The van der Waals surface area contributed by atoms with Gasteiger partial charge >= 0.3 is 6.18 Å². The van der Waals surface area contributed by atoms with E-state index in [9.17, 15) is 22.0 Å². The van der Waals surface area contributed by atoms with Crippen molar-refractivity contribution in [3.8, 4) is 11.5 Å². The number of piperidine rings is 1. The van der Waals surface area contributed by atoms with Crippen molar-refractivity contribution in [3.63, 3.8) is 0 Å².